The van der Waals surface area contributed by atoms with Crippen molar-refractivity contribution in [2.75, 3.05) is 22.9 Å². The Labute approximate surface area is 132 Å². The summed E-state index contributed by atoms with van der Waals surface area (Å²) in [5, 5.41) is 0. The third-order valence-electron chi connectivity index (χ3n) is 5.89. The molecule has 2 heteroatoms. The van der Waals surface area contributed by atoms with Crippen LogP contribution >= 0.6 is 0 Å². The van der Waals surface area contributed by atoms with Gasteiger partial charge < -0.3 is 9.80 Å². The molecule has 2 nitrogen and oxygen atoms in total. The summed E-state index contributed by atoms with van der Waals surface area (Å²) in [6.07, 6.45) is 4.06. The topological polar surface area (TPSA) is 6.48 Å². The summed E-state index contributed by atoms with van der Waals surface area (Å²) in [4.78, 5) is 5.35. The standard InChI is InChI=1S/C20H22N2/c1-2-7-15(8-3-1)21-14-12-17-19-11-6-13-22(19)18-10-5-4-9-16(18)20(17)21/h1-5,7-10,17,19-20H,6,11-14H2/t17-,19?,20+/m1/s1. The third-order valence-corrected chi connectivity index (χ3v) is 5.89. The molecule has 0 aliphatic carbocycles. The van der Waals surface area contributed by atoms with Crippen LogP contribution in [0.15, 0.2) is 54.6 Å². The second kappa shape index (κ2) is 4.77. The normalized spacial score (nSPS) is 29.2. The van der Waals surface area contributed by atoms with Crippen LogP contribution in [0.1, 0.15) is 30.9 Å². The lowest BCUT2D eigenvalue weighted by Gasteiger charge is -2.44. The monoisotopic (exact) mass is 290 g/mol. The predicted molar refractivity (Wildman–Crippen MR) is 91.4 cm³/mol. The number of para-hydroxylation sites is 2. The summed E-state index contributed by atoms with van der Waals surface area (Å²) in [6.45, 7) is 2.44. The molecule has 22 heavy (non-hydrogen) atoms. The highest BCUT2D eigenvalue weighted by Crippen LogP contribution is 2.52. The Bertz CT molecular complexity index is 681. The first-order valence-electron chi connectivity index (χ1n) is 8.61. The highest BCUT2D eigenvalue weighted by molar-refractivity contribution is 5.63. The minimum absolute atomic E-state index is 0.568. The van der Waals surface area contributed by atoms with Crippen molar-refractivity contribution in [3.63, 3.8) is 0 Å². The largest absolute Gasteiger partial charge is 0.368 e. The van der Waals surface area contributed by atoms with Crippen LogP contribution in [0.4, 0.5) is 11.4 Å². The van der Waals surface area contributed by atoms with E-state index in [-0.39, 0.29) is 0 Å². The molecule has 1 unspecified atom stereocenters. The fourth-order valence-corrected chi connectivity index (χ4v) is 5.06. The molecule has 3 aliphatic rings. The fraction of sp³-hybridized carbons (Fsp3) is 0.400. The van der Waals surface area contributed by atoms with Crippen molar-refractivity contribution < 1.29 is 0 Å². The molecule has 0 radical (unpaired) electrons. The Morgan fingerprint density at radius 1 is 0.773 bits per heavy atom. The van der Waals surface area contributed by atoms with Crippen LogP contribution in [-0.2, 0) is 0 Å². The predicted octanol–water partition coefficient (Wildman–Crippen LogP) is 4.24. The lowest BCUT2D eigenvalue weighted by molar-refractivity contribution is 0.374. The van der Waals surface area contributed by atoms with Crippen molar-refractivity contribution in [2.45, 2.75) is 31.3 Å². The molecular formula is C20H22N2. The molecule has 2 fully saturated rings. The van der Waals surface area contributed by atoms with Gasteiger partial charge in [0.25, 0.3) is 0 Å². The second-order valence-electron chi connectivity index (χ2n) is 6.89. The van der Waals surface area contributed by atoms with Gasteiger partial charge in [-0.3, -0.25) is 0 Å². The molecule has 112 valence electrons. The van der Waals surface area contributed by atoms with Gasteiger partial charge in [-0.2, -0.15) is 0 Å². The van der Waals surface area contributed by atoms with E-state index in [2.05, 4.69) is 64.4 Å². The molecule has 2 aromatic carbocycles. The molecule has 0 spiro atoms. The molecule has 0 amide bonds. The number of hydrogen-bond acceptors (Lipinski definition) is 2. The Balaban J connectivity index is 1.64. The van der Waals surface area contributed by atoms with E-state index in [9.17, 15) is 0 Å². The number of hydrogen-bond donors (Lipinski definition) is 0. The van der Waals surface area contributed by atoms with E-state index in [1.807, 2.05) is 0 Å². The highest BCUT2D eigenvalue weighted by atomic mass is 15.3. The van der Waals surface area contributed by atoms with Crippen molar-refractivity contribution in [1.82, 2.24) is 0 Å². The molecule has 0 aromatic heterocycles. The minimum Gasteiger partial charge on any atom is -0.368 e. The Hall–Kier alpha value is -1.96. The van der Waals surface area contributed by atoms with Gasteiger partial charge in [-0.05, 0) is 43.0 Å². The Morgan fingerprint density at radius 3 is 2.50 bits per heavy atom. The van der Waals surface area contributed by atoms with E-state index in [4.69, 9.17) is 0 Å². The lowest BCUT2D eigenvalue weighted by atomic mass is 9.81. The molecule has 3 aliphatic heterocycles. The van der Waals surface area contributed by atoms with E-state index in [1.165, 1.54) is 43.7 Å². The number of anilines is 2. The second-order valence-corrected chi connectivity index (χ2v) is 6.89. The molecule has 0 saturated carbocycles. The van der Waals surface area contributed by atoms with Crippen LogP contribution < -0.4 is 9.80 Å². The number of fused-ring (bicyclic) bond motifs is 6. The van der Waals surface area contributed by atoms with Crippen LogP contribution in [0, 0.1) is 5.92 Å². The van der Waals surface area contributed by atoms with Gasteiger partial charge in [0.05, 0.1) is 6.04 Å². The van der Waals surface area contributed by atoms with Gasteiger partial charge in [-0.25, -0.2) is 0 Å². The first-order valence-corrected chi connectivity index (χ1v) is 8.61. The van der Waals surface area contributed by atoms with Crippen LogP contribution in [0.3, 0.4) is 0 Å². The van der Waals surface area contributed by atoms with Crippen LogP contribution in [0.25, 0.3) is 0 Å². The molecule has 2 saturated heterocycles. The fourth-order valence-electron chi connectivity index (χ4n) is 5.06. The summed E-state index contributed by atoms with van der Waals surface area (Å²) in [5.41, 5.74) is 4.43. The zero-order chi connectivity index (χ0) is 14.5. The Morgan fingerprint density at radius 2 is 1.59 bits per heavy atom. The lowest BCUT2D eigenvalue weighted by Crippen LogP contribution is -2.44. The number of benzene rings is 2. The first-order chi connectivity index (χ1) is 10.9. The van der Waals surface area contributed by atoms with Crippen molar-refractivity contribution in [3.8, 4) is 0 Å². The van der Waals surface area contributed by atoms with Gasteiger partial charge in [0.2, 0.25) is 0 Å². The molecule has 5 rings (SSSR count). The van der Waals surface area contributed by atoms with Gasteiger partial charge >= 0.3 is 0 Å². The van der Waals surface area contributed by atoms with E-state index >= 15 is 0 Å². The van der Waals surface area contributed by atoms with E-state index in [0.717, 1.165) is 12.0 Å². The van der Waals surface area contributed by atoms with Crippen LogP contribution in [0.5, 0.6) is 0 Å². The summed E-state index contributed by atoms with van der Waals surface area (Å²) >= 11 is 0. The smallest absolute Gasteiger partial charge is 0.0611 e. The third kappa shape index (κ3) is 1.67. The summed E-state index contributed by atoms with van der Waals surface area (Å²) in [7, 11) is 0. The summed E-state index contributed by atoms with van der Waals surface area (Å²) in [6, 6.07) is 21.4. The first kappa shape index (κ1) is 12.6. The maximum absolute atomic E-state index is 2.70. The molecule has 0 bridgehead atoms. The van der Waals surface area contributed by atoms with Crippen molar-refractivity contribution in [3.05, 3.63) is 60.2 Å². The van der Waals surface area contributed by atoms with E-state index in [0.29, 0.717) is 6.04 Å². The highest BCUT2D eigenvalue weighted by Gasteiger charge is 2.48. The summed E-state index contributed by atoms with van der Waals surface area (Å²) in [5.74, 6) is 0.789. The number of nitrogens with zero attached hydrogens (tertiary/aromatic N) is 2. The Kier molecular flexibility index (Phi) is 2.73. The molecule has 2 aromatic rings. The van der Waals surface area contributed by atoms with Crippen molar-refractivity contribution >= 4 is 11.4 Å². The molecule has 3 atom stereocenters. The molecule has 3 heterocycles. The van der Waals surface area contributed by atoms with E-state index < -0.39 is 0 Å². The zero-order valence-electron chi connectivity index (χ0n) is 12.9. The van der Waals surface area contributed by atoms with Gasteiger partial charge in [-0.1, -0.05) is 36.4 Å². The van der Waals surface area contributed by atoms with E-state index in [1.54, 1.807) is 5.56 Å². The average Bonchev–Trinajstić information content (AvgIpc) is 3.23. The average molecular weight is 290 g/mol. The SMILES string of the molecule is c1ccc(N2CC[C@@H]3C4CCCN4c4ccccc4[C@@H]32)cc1. The van der Waals surface area contributed by atoms with Crippen LogP contribution in [-0.4, -0.2) is 19.1 Å². The van der Waals surface area contributed by atoms with Crippen LogP contribution in [0.2, 0.25) is 0 Å². The quantitative estimate of drug-likeness (QED) is 0.775. The van der Waals surface area contributed by atoms with Gasteiger partial charge in [0.15, 0.2) is 0 Å². The van der Waals surface area contributed by atoms with Gasteiger partial charge in [0, 0.05) is 36.4 Å². The maximum atomic E-state index is 2.70. The zero-order valence-corrected chi connectivity index (χ0v) is 12.9. The van der Waals surface area contributed by atoms with Gasteiger partial charge in [0.1, 0.15) is 0 Å². The minimum atomic E-state index is 0.568. The van der Waals surface area contributed by atoms with Crippen molar-refractivity contribution in [1.29, 1.82) is 0 Å². The summed E-state index contributed by atoms with van der Waals surface area (Å²) < 4.78 is 0. The molecular weight excluding hydrogens is 268 g/mol. The van der Waals surface area contributed by atoms with Crippen molar-refractivity contribution in [2.24, 2.45) is 5.92 Å². The molecule has 0 N–H and O–H groups in total. The number of rotatable bonds is 1. The van der Waals surface area contributed by atoms with Gasteiger partial charge in [-0.15, -0.1) is 0 Å². The maximum Gasteiger partial charge on any atom is 0.0611 e.